The van der Waals surface area contributed by atoms with Crippen LogP contribution in [-0.4, -0.2) is 12.0 Å². The maximum Gasteiger partial charge on any atom is 0.0794 e. The molecule has 1 aromatic rings. The van der Waals surface area contributed by atoms with E-state index in [-0.39, 0.29) is 0 Å². The van der Waals surface area contributed by atoms with Gasteiger partial charge in [0.2, 0.25) is 0 Å². The molecular formula is C11H20N2S. The van der Waals surface area contributed by atoms with Crippen LogP contribution in [0.15, 0.2) is 11.7 Å². The lowest BCUT2D eigenvalue weighted by atomic mass is 10.0. The van der Waals surface area contributed by atoms with E-state index in [1.54, 1.807) is 11.3 Å². The zero-order valence-corrected chi connectivity index (χ0v) is 10.1. The van der Waals surface area contributed by atoms with E-state index in [4.69, 9.17) is 0 Å². The maximum absolute atomic E-state index is 4.11. The Hall–Kier alpha value is -0.410. The number of thiazole rings is 1. The van der Waals surface area contributed by atoms with E-state index in [9.17, 15) is 0 Å². The summed E-state index contributed by atoms with van der Waals surface area (Å²) in [6.45, 7) is 4.56. The number of nitrogens with zero attached hydrogens (tertiary/aromatic N) is 1. The van der Waals surface area contributed by atoms with Crippen LogP contribution >= 0.6 is 11.3 Å². The van der Waals surface area contributed by atoms with Crippen molar-refractivity contribution >= 4 is 11.3 Å². The lowest BCUT2D eigenvalue weighted by molar-refractivity contribution is 0.474. The maximum atomic E-state index is 4.11. The Morgan fingerprint density at radius 3 is 2.71 bits per heavy atom. The molecule has 2 nitrogen and oxygen atoms in total. The Balaban J connectivity index is 2.33. The van der Waals surface area contributed by atoms with Gasteiger partial charge in [0.25, 0.3) is 0 Å². The molecule has 1 heterocycles. The van der Waals surface area contributed by atoms with Gasteiger partial charge < -0.3 is 5.32 Å². The van der Waals surface area contributed by atoms with Crippen LogP contribution in [0.1, 0.15) is 44.0 Å². The molecule has 0 fully saturated rings. The molecule has 0 aromatic carbocycles. The molecule has 0 radical (unpaired) electrons. The van der Waals surface area contributed by atoms with Crippen molar-refractivity contribution in [1.82, 2.24) is 10.3 Å². The molecule has 3 heteroatoms. The summed E-state index contributed by atoms with van der Waals surface area (Å²) in [6, 6.07) is 0.501. The first-order valence-electron chi connectivity index (χ1n) is 5.29. The Labute approximate surface area is 90.8 Å². The Bertz CT molecular complexity index is 231. The molecule has 1 rings (SSSR count). The summed E-state index contributed by atoms with van der Waals surface area (Å²) in [7, 11) is 2.03. The topological polar surface area (TPSA) is 24.9 Å². The van der Waals surface area contributed by atoms with Crippen molar-refractivity contribution in [1.29, 1.82) is 0 Å². The van der Waals surface area contributed by atoms with Gasteiger partial charge >= 0.3 is 0 Å². The van der Waals surface area contributed by atoms with Gasteiger partial charge in [0.05, 0.1) is 5.51 Å². The van der Waals surface area contributed by atoms with Gasteiger partial charge in [-0.1, -0.05) is 26.7 Å². The van der Waals surface area contributed by atoms with Crippen molar-refractivity contribution in [3.63, 3.8) is 0 Å². The third-order valence-electron chi connectivity index (χ3n) is 2.42. The molecule has 1 aromatic heterocycles. The molecule has 0 amide bonds. The molecule has 0 aliphatic heterocycles. The van der Waals surface area contributed by atoms with Gasteiger partial charge in [0.15, 0.2) is 0 Å². The van der Waals surface area contributed by atoms with Crippen LogP contribution in [0.3, 0.4) is 0 Å². The first kappa shape index (κ1) is 11.7. The molecule has 1 atom stereocenters. The van der Waals surface area contributed by atoms with Gasteiger partial charge in [-0.25, -0.2) is 0 Å². The second-order valence-corrected chi connectivity index (χ2v) is 4.99. The predicted molar refractivity (Wildman–Crippen MR) is 62.6 cm³/mol. The van der Waals surface area contributed by atoms with Crippen LogP contribution in [0.25, 0.3) is 0 Å². The number of hydrogen-bond donors (Lipinski definition) is 1. The smallest absolute Gasteiger partial charge is 0.0794 e. The highest BCUT2D eigenvalue weighted by molar-refractivity contribution is 7.09. The van der Waals surface area contributed by atoms with E-state index >= 15 is 0 Å². The van der Waals surface area contributed by atoms with E-state index in [0.717, 1.165) is 5.92 Å². The van der Waals surface area contributed by atoms with E-state index < -0.39 is 0 Å². The molecule has 0 saturated carbocycles. The first-order valence-corrected chi connectivity index (χ1v) is 6.17. The van der Waals surface area contributed by atoms with E-state index in [2.05, 4.69) is 24.1 Å². The van der Waals surface area contributed by atoms with Gasteiger partial charge in [0.1, 0.15) is 0 Å². The van der Waals surface area contributed by atoms with Crippen LogP contribution in [0, 0.1) is 5.92 Å². The highest BCUT2D eigenvalue weighted by atomic mass is 32.1. The fourth-order valence-corrected chi connectivity index (χ4v) is 2.32. The van der Waals surface area contributed by atoms with E-state index in [1.165, 1.54) is 24.1 Å². The first-order chi connectivity index (χ1) is 6.74. The summed E-state index contributed by atoms with van der Waals surface area (Å²) in [4.78, 5) is 5.47. The number of rotatable bonds is 6. The normalized spacial score (nSPS) is 13.4. The Morgan fingerprint density at radius 1 is 1.43 bits per heavy atom. The fourth-order valence-electron chi connectivity index (χ4n) is 1.56. The lowest BCUT2D eigenvalue weighted by Crippen LogP contribution is -2.15. The predicted octanol–water partition coefficient (Wildman–Crippen LogP) is 3.23. The van der Waals surface area contributed by atoms with Crippen molar-refractivity contribution in [2.45, 2.75) is 39.2 Å². The Morgan fingerprint density at radius 2 is 2.21 bits per heavy atom. The third-order valence-corrected chi connectivity index (χ3v) is 3.31. The highest BCUT2D eigenvalue weighted by Crippen LogP contribution is 2.22. The van der Waals surface area contributed by atoms with Crippen molar-refractivity contribution in [2.24, 2.45) is 5.92 Å². The number of nitrogens with one attached hydrogen (secondary N) is 1. The molecule has 0 bridgehead atoms. The molecule has 1 unspecified atom stereocenters. The minimum absolute atomic E-state index is 0.501. The van der Waals surface area contributed by atoms with Gasteiger partial charge in [-0.2, -0.15) is 0 Å². The Kier molecular flexibility index (Phi) is 5.12. The minimum atomic E-state index is 0.501. The van der Waals surface area contributed by atoms with Crippen LogP contribution in [0.2, 0.25) is 0 Å². The van der Waals surface area contributed by atoms with Gasteiger partial charge in [-0.3, -0.25) is 4.98 Å². The fraction of sp³-hybridized carbons (Fsp3) is 0.727. The molecule has 0 saturated heterocycles. The largest absolute Gasteiger partial charge is 0.312 e. The van der Waals surface area contributed by atoms with Crippen molar-refractivity contribution < 1.29 is 0 Å². The summed E-state index contributed by atoms with van der Waals surface area (Å²) in [5.74, 6) is 0.814. The van der Waals surface area contributed by atoms with Crippen molar-refractivity contribution in [3.05, 3.63) is 16.6 Å². The third kappa shape index (κ3) is 3.76. The quantitative estimate of drug-likeness (QED) is 0.783. The highest BCUT2D eigenvalue weighted by Gasteiger charge is 2.10. The SMILES string of the molecule is CNC(CCCC(C)C)c1cncs1. The minimum Gasteiger partial charge on any atom is -0.312 e. The van der Waals surface area contributed by atoms with Gasteiger partial charge in [0, 0.05) is 17.1 Å². The molecule has 0 aliphatic rings. The second-order valence-electron chi connectivity index (χ2n) is 4.07. The van der Waals surface area contributed by atoms with Crippen molar-refractivity contribution in [2.75, 3.05) is 7.05 Å². The number of aromatic nitrogens is 1. The van der Waals surface area contributed by atoms with Gasteiger partial charge in [-0.05, 0) is 19.4 Å². The van der Waals surface area contributed by atoms with E-state index in [0.29, 0.717) is 6.04 Å². The van der Waals surface area contributed by atoms with E-state index in [1.807, 2.05) is 18.8 Å². The van der Waals surface area contributed by atoms with Crippen LogP contribution in [-0.2, 0) is 0 Å². The standard InChI is InChI=1S/C11H20N2S/c1-9(2)5-4-6-10(12-3)11-7-13-8-14-11/h7-10,12H,4-6H2,1-3H3. The van der Waals surface area contributed by atoms with Crippen LogP contribution in [0.5, 0.6) is 0 Å². The average molecular weight is 212 g/mol. The molecule has 0 spiro atoms. The lowest BCUT2D eigenvalue weighted by Gasteiger charge is -2.14. The summed E-state index contributed by atoms with van der Waals surface area (Å²) < 4.78 is 0. The zero-order chi connectivity index (χ0) is 10.4. The summed E-state index contributed by atoms with van der Waals surface area (Å²) >= 11 is 1.74. The molecule has 1 N–H and O–H groups in total. The molecule has 0 aliphatic carbocycles. The monoisotopic (exact) mass is 212 g/mol. The van der Waals surface area contributed by atoms with Crippen LogP contribution < -0.4 is 5.32 Å². The molecule has 14 heavy (non-hydrogen) atoms. The summed E-state index contributed by atoms with van der Waals surface area (Å²) in [5.41, 5.74) is 1.90. The van der Waals surface area contributed by atoms with Crippen LogP contribution in [0.4, 0.5) is 0 Å². The van der Waals surface area contributed by atoms with Gasteiger partial charge in [-0.15, -0.1) is 11.3 Å². The molecule has 80 valence electrons. The zero-order valence-electron chi connectivity index (χ0n) is 9.29. The summed E-state index contributed by atoms with van der Waals surface area (Å²) in [6.07, 6.45) is 5.80. The number of hydrogen-bond acceptors (Lipinski definition) is 3. The van der Waals surface area contributed by atoms with Crippen molar-refractivity contribution in [3.8, 4) is 0 Å². The average Bonchev–Trinajstić information content (AvgIpc) is 2.64. The summed E-state index contributed by atoms with van der Waals surface area (Å²) in [5, 5.41) is 3.35. The molecular weight excluding hydrogens is 192 g/mol. The second kappa shape index (κ2) is 6.14.